The van der Waals surface area contributed by atoms with Crippen LogP contribution < -0.4 is 9.62 Å². The van der Waals surface area contributed by atoms with Gasteiger partial charge < -0.3 is 9.32 Å². The Morgan fingerprint density at radius 3 is 2.48 bits per heavy atom. The van der Waals surface area contributed by atoms with Crippen LogP contribution in [0.3, 0.4) is 0 Å². The number of para-hydroxylation sites is 2. The first-order valence-corrected chi connectivity index (χ1v) is 10.9. The number of oxazole rings is 1. The molecule has 0 spiro atoms. The predicted octanol–water partition coefficient (Wildman–Crippen LogP) is 3.16. The van der Waals surface area contributed by atoms with Crippen LogP contribution in [-0.4, -0.2) is 33.0 Å². The van der Waals surface area contributed by atoms with Gasteiger partial charge in [-0.05, 0) is 36.5 Å². The Morgan fingerprint density at radius 2 is 1.74 bits per heavy atom. The average molecular weight is 385 g/mol. The summed E-state index contributed by atoms with van der Waals surface area (Å²) < 4.78 is 33.2. The van der Waals surface area contributed by atoms with Gasteiger partial charge in [0.2, 0.25) is 10.0 Å². The molecule has 3 aromatic rings. The summed E-state index contributed by atoms with van der Waals surface area (Å²) in [6, 6.07) is 17.6. The molecular weight excluding hydrogens is 362 g/mol. The van der Waals surface area contributed by atoms with Crippen LogP contribution in [0.2, 0.25) is 0 Å². The largest absolute Gasteiger partial charge is 0.423 e. The third-order valence-electron chi connectivity index (χ3n) is 4.96. The van der Waals surface area contributed by atoms with Crippen molar-refractivity contribution in [2.24, 2.45) is 5.92 Å². The van der Waals surface area contributed by atoms with Gasteiger partial charge in [-0.25, -0.2) is 13.1 Å². The molecule has 0 radical (unpaired) electrons. The Labute approximate surface area is 159 Å². The number of hydrogen-bond acceptors (Lipinski definition) is 5. The van der Waals surface area contributed by atoms with Crippen molar-refractivity contribution in [2.45, 2.75) is 18.6 Å². The summed E-state index contributed by atoms with van der Waals surface area (Å²) >= 11 is 0. The highest BCUT2D eigenvalue weighted by Gasteiger charge is 2.24. The molecule has 0 saturated carbocycles. The lowest BCUT2D eigenvalue weighted by Crippen LogP contribution is -2.39. The van der Waals surface area contributed by atoms with E-state index in [2.05, 4.69) is 14.6 Å². The molecule has 1 fully saturated rings. The van der Waals surface area contributed by atoms with E-state index in [0.717, 1.165) is 42.6 Å². The number of aromatic nitrogens is 1. The smallest absolute Gasteiger partial charge is 0.298 e. The molecule has 1 saturated heterocycles. The van der Waals surface area contributed by atoms with Crippen LogP contribution in [0, 0.1) is 5.92 Å². The normalized spacial score (nSPS) is 16.1. The molecule has 1 N–H and O–H groups in total. The van der Waals surface area contributed by atoms with Crippen LogP contribution in [0.5, 0.6) is 0 Å². The highest BCUT2D eigenvalue weighted by molar-refractivity contribution is 7.88. The van der Waals surface area contributed by atoms with E-state index in [4.69, 9.17) is 4.42 Å². The number of anilines is 1. The summed E-state index contributed by atoms with van der Waals surface area (Å²) in [5.41, 5.74) is 2.46. The van der Waals surface area contributed by atoms with Gasteiger partial charge in [-0.3, -0.25) is 0 Å². The van der Waals surface area contributed by atoms with Gasteiger partial charge in [0.15, 0.2) is 5.58 Å². The zero-order chi connectivity index (χ0) is 18.7. The summed E-state index contributed by atoms with van der Waals surface area (Å²) in [6.45, 7) is 2.12. The van der Waals surface area contributed by atoms with Crippen LogP contribution >= 0.6 is 0 Å². The first kappa shape index (κ1) is 18.0. The molecule has 4 rings (SSSR count). The van der Waals surface area contributed by atoms with Crippen molar-refractivity contribution in [2.75, 3.05) is 24.5 Å². The molecule has 0 unspecified atom stereocenters. The van der Waals surface area contributed by atoms with Crippen LogP contribution in [-0.2, 0) is 15.8 Å². The van der Waals surface area contributed by atoms with Crippen LogP contribution in [0.4, 0.5) is 6.01 Å². The topological polar surface area (TPSA) is 75.4 Å². The number of sulfonamides is 1. The maximum atomic E-state index is 12.3. The van der Waals surface area contributed by atoms with E-state index in [1.807, 2.05) is 54.6 Å². The molecule has 27 heavy (non-hydrogen) atoms. The minimum Gasteiger partial charge on any atom is -0.423 e. The third kappa shape index (κ3) is 4.48. The number of benzene rings is 2. The second-order valence-electron chi connectivity index (χ2n) is 6.99. The molecule has 2 aromatic carbocycles. The van der Waals surface area contributed by atoms with Crippen molar-refractivity contribution in [3.05, 3.63) is 60.2 Å². The number of fused-ring (bicyclic) bond motifs is 1. The van der Waals surface area contributed by atoms with Gasteiger partial charge in [0.05, 0.1) is 5.75 Å². The van der Waals surface area contributed by atoms with E-state index in [1.165, 1.54) is 0 Å². The molecule has 0 bridgehead atoms. The molecule has 6 nitrogen and oxygen atoms in total. The third-order valence-corrected chi connectivity index (χ3v) is 6.28. The van der Waals surface area contributed by atoms with Gasteiger partial charge >= 0.3 is 0 Å². The van der Waals surface area contributed by atoms with Crippen molar-refractivity contribution in [3.8, 4) is 0 Å². The maximum absolute atomic E-state index is 12.3. The first-order chi connectivity index (χ1) is 13.1. The van der Waals surface area contributed by atoms with Gasteiger partial charge in [-0.15, -0.1) is 0 Å². The van der Waals surface area contributed by atoms with Crippen molar-refractivity contribution in [1.29, 1.82) is 0 Å². The van der Waals surface area contributed by atoms with Gasteiger partial charge in [0.25, 0.3) is 6.01 Å². The van der Waals surface area contributed by atoms with Crippen LogP contribution in [0.15, 0.2) is 59.0 Å². The SMILES string of the molecule is O=S(=O)(Cc1ccccc1)NCC1CCN(c2nc3ccccc3o2)CC1. The number of nitrogens with zero attached hydrogens (tertiary/aromatic N) is 2. The van der Waals surface area contributed by atoms with Gasteiger partial charge in [0.1, 0.15) is 5.52 Å². The Bertz CT molecular complexity index is 960. The van der Waals surface area contributed by atoms with Crippen molar-refractivity contribution in [1.82, 2.24) is 9.71 Å². The Hall–Kier alpha value is -2.38. The van der Waals surface area contributed by atoms with E-state index in [0.29, 0.717) is 18.5 Å². The Morgan fingerprint density at radius 1 is 1.04 bits per heavy atom. The molecule has 0 amide bonds. The van der Waals surface area contributed by atoms with Crippen molar-refractivity contribution >= 4 is 27.1 Å². The minimum atomic E-state index is -3.31. The lowest BCUT2D eigenvalue weighted by atomic mass is 9.97. The van der Waals surface area contributed by atoms with Crippen LogP contribution in [0.25, 0.3) is 11.1 Å². The molecule has 2 heterocycles. The second-order valence-corrected chi connectivity index (χ2v) is 8.79. The van der Waals surface area contributed by atoms with Gasteiger partial charge in [-0.2, -0.15) is 4.98 Å². The lowest BCUT2D eigenvalue weighted by molar-refractivity contribution is 0.387. The van der Waals surface area contributed by atoms with E-state index >= 15 is 0 Å². The van der Waals surface area contributed by atoms with Crippen LogP contribution in [0.1, 0.15) is 18.4 Å². The summed E-state index contributed by atoms with van der Waals surface area (Å²) in [7, 11) is -3.31. The fraction of sp³-hybridized carbons (Fsp3) is 0.350. The fourth-order valence-corrected chi connectivity index (χ4v) is 4.64. The standard InChI is InChI=1S/C20H23N3O3S/c24-27(25,15-17-6-2-1-3-7-17)21-14-16-10-12-23(13-11-16)20-22-18-8-4-5-9-19(18)26-20/h1-9,16,21H,10-15H2. The quantitative estimate of drug-likeness (QED) is 0.705. The molecule has 1 aromatic heterocycles. The van der Waals surface area contributed by atoms with E-state index in [9.17, 15) is 8.42 Å². The first-order valence-electron chi connectivity index (χ1n) is 9.21. The summed E-state index contributed by atoms with van der Waals surface area (Å²) in [6.07, 6.45) is 1.82. The Balaban J connectivity index is 1.29. The number of rotatable bonds is 6. The monoisotopic (exact) mass is 385 g/mol. The van der Waals surface area contributed by atoms with Crippen molar-refractivity contribution in [3.63, 3.8) is 0 Å². The number of hydrogen-bond donors (Lipinski definition) is 1. The van der Waals surface area contributed by atoms with Gasteiger partial charge in [-0.1, -0.05) is 42.5 Å². The zero-order valence-electron chi connectivity index (χ0n) is 15.0. The Kier molecular flexibility index (Phi) is 5.13. The molecule has 0 atom stereocenters. The second kappa shape index (κ2) is 7.70. The number of piperidine rings is 1. The van der Waals surface area contributed by atoms with E-state index in [1.54, 1.807) is 0 Å². The molecule has 7 heteroatoms. The fourth-order valence-electron chi connectivity index (χ4n) is 3.41. The van der Waals surface area contributed by atoms with E-state index in [-0.39, 0.29) is 5.75 Å². The summed E-state index contributed by atoms with van der Waals surface area (Å²) in [5.74, 6) is 0.353. The summed E-state index contributed by atoms with van der Waals surface area (Å²) in [5, 5.41) is 0. The molecular formula is C20H23N3O3S. The maximum Gasteiger partial charge on any atom is 0.298 e. The highest BCUT2D eigenvalue weighted by atomic mass is 32.2. The predicted molar refractivity (Wildman–Crippen MR) is 106 cm³/mol. The average Bonchev–Trinajstić information content (AvgIpc) is 3.12. The van der Waals surface area contributed by atoms with Crippen molar-refractivity contribution < 1.29 is 12.8 Å². The molecule has 1 aliphatic heterocycles. The molecule has 1 aliphatic rings. The minimum absolute atomic E-state index is 0.0234. The summed E-state index contributed by atoms with van der Waals surface area (Å²) in [4.78, 5) is 6.68. The molecule has 142 valence electrons. The lowest BCUT2D eigenvalue weighted by Gasteiger charge is -2.30. The zero-order valence-corrected chi connectivity index (χ0v) is 15.9. The molecule has 0 aliphatic carbocycles. The number of nitrogens with one attached hydrogen (secondary N) is 1. The highest BCUT2D eigenvalue weighted by Crippen LogP contribution is 2.26. The van der Waals surface area contributed by atoms with Gasteiger partial charge in [0, 0.05) is 19.6 Å². The van der Waals surface area contributed by atoms with E-state index < -0.39 is 10.0 Å².